The second-order valence-electron chi connectivity index (χ2n) is 4.44. The van der Waals surface area contributed by atoms with Crippen LogP contribution in [-0.2, 0) is 0 Å². The lowest BCUT2D eigenvalue weighted by Crippen LogP contribution is -1.98. The Hall–Kier alpha value is -1.93. The zero-order valence-electron chi connectivity index (χ0n) is 9.97. The average Bonchev–Trinajstić information content (AvgIpc) is 3.11. The standard InChI is InChI=1S/C13H12N4S/c1-8-2-3-10(6-14)12(15-8)17-13-16-11(7-18-13)9-4-5-9/h2-3,7,9H,4-5H2,1H3,(H,15,16,17). The summed E-state index contributed by atoms with van der Waals surface area (Å²) in [4.78, 5) is 8.87. The smallest absolute Gasteiger partial charge is 0.188 e. The fourth-order valence-corrected chi connectivity index (χ4v) is 2.54. The van der Waals surface area contributed by atoms with Crippen LogP contribution in [0.15, 0.2) is 17.5 Å². The Morgan fingerprint density at radius 2 is 2.22 bits per heavy atom. The molecule has 0 unspecified atom stereocenters. The van der Waals surface area contributed by atoms with Gasteiger partial charge in [-0.1, -0.05) is 0 Å². The van der Waals surface area contributed by atoms with Crippen molar-refractivity contribution in [2.75, 3.05) is 5.32 Å². The van der Waals surface area contributed by atoms with Crippen LogP contribution >= 0.6 is 11.3 Å². The molecule has 0 bridgehead atoms. The van der Waals surface area contributed by atoms with Crippen molar-refractivity contribution < 1.29 is 0 Å². The Morgan fingerprint density at radius 3 is 2.94 bits per heavy atom. The topological polar surface area (TPSA) is 61.6 Å². The predicted octanol–water partition coefficient (Wildman–Crippen LogP) is 3.34. The van der Waals surface area contributed by atoms with Gasteiger partial charge in [0.2, 0.25) is 0 Å². The van der Waals surface area contributed by atoms with E-state index in [9.17, 15) is 0 Å². The molecular weight excluding hydrogens is 244 g/mol. The van der Waals surface area contributed by atoms with E-state index < -0.39 is 0 Å². The number of hydrogen-bond acceptors (Lipinski definition) is 5. The third-order valence-corrected chi connectivity index (χ3v) is 3.67. The van der Waals surface area contributed by atoms with Crippen LogP contribution in [0.4, 0.5) is 10.9 Å². The first-order valence-corrected chi connectivity index (χ1v) is 6.74. The van der Waals surface area contributed by atoms with E-state index in [1.807, 2.05) is 13.0 Å². The Kier molecular flexibility index (Phi) is 2.73. The first kappa shape index (κ1) is 11.2. The number of thiazole rings is 1. The van der Waals surface area contributed by atoms with Crippen molar-refractivity contribution in [2.45, 2.75) is 25.7 Å². The monoisotopic (exact) mass is 256 g/mol. The van der Waals surface area contributed by atoms with Crippen molar-refractivity contribution in [3.05, 3.63) is 34.5 Å². The van der Waals surface area contributed by atoms with Crippen LogP contribution in [0.25, 0.3) is 0 Å². The van der Waals surface area contributed by atoms with Crippen LogP contribution in [0.3, 0.4) is 0 Å². The lowest BCUT2D eigenvalue weighted by atomic mass is 10.2. The molecule has 3 rings (SSSR count). The second-order valence-corrected chi connectivity index (χ2v) is 5.30. The van der Waals surface area contributed by atoms with Gasteiger partial charge in [-0.25, -0.2) is 9.97 Å². The van der Waals surface area contributed by atoms with Gasteiger partial charge in [0.25, 0.3) is 0 Å². The molecule has 1 fully saturated rings. The van der Waals surface area contributed by atoms with Gasteiger partial charge in [0.05, 0.1) is 11.3 Å². The molecule has 1 N–H and O–H groups in total. The highest BCUT2D eigenvalue weighted by Gasteiger charge is 2.26. The summed E-state index contributed by atoms with van der Waals surface area (Å²) in [5, 5.41) is 15.1. The summed E-state index contributed by atoms with van der Waals surface area (Å²) in [5.74, 6) is 1.24. The molecule has 0 amide bonds. The van der Waals surface area contributed by atoms with Crippen molar-refractivity contribution >= 4 is 22.3 Å². The van der Waals surface area contributed by atoms with Gasteiger partial charge in [-0.05, 0) is 31.9 Å². The van der Waals surface area contributed by atoms with Gasteiger partial charge in [0, 0.05) is 17.0 Å². The summed E-state index contributed by atoms with van der Waals surface area (Å²) in [6, 6.07) is 5.75. The Morgan fingerprint density at radius 1 is 1.39 bits per heavy atom. The number of nitriles is 1. The number of rotatable bonds is 3. The van der Waals surface area contributed by atoms with Crippen LogP contribution in [0.5, 0.6) is 0 Å². The fraction of sp³-hybridized carbons (Fsp3) is 0.308. The van der Waals surface area contributed by atoms with Gasteiger partial charge >= 0.3 is 0 Å². The molecule has 1 saturated carbocycles. The minimum Gasteiger partial charge on any atom is -0.315 e. The maximum atomic E-state index is 9.04. The number of nitrogens with one attached hydrogen (secondary N) is 1. The van der Waals surface area contributed by atoms with Crippen LogP contribution in [0.2, 0.25) is 0 Å². The van der Waals surface area contributed by atoms with Crippen molar-refractivity contribution in [3.8, 4) is 6.07 Å². The van der Waals surface area contributed by atoms with E-state index in [-0.39, 0.29) is 0 Å². The van der Waals surface area contributed by atoms with Crippen LogP contribution in [-0.4, -0.2) is 9.97 Å². The molecule has 2 aromatic rings. The van der Waals surface area contributed by atoms with Gasteiger partial charge < -0.3 is 5.32 Å². The van der Waals surface area contributed by atoms with Crippen molar-refractivity contribution in [1.29, 1.82) is 5.26 Å². The number of aromatic nitrogens is 2. The maximum Gasteiger partial charge on any atom is 0.188 e. The van der Waals surface area contributed by atoms with E-state index in [0.29, 0.717) is 17.3 Å². The van der Waals surface area contributed by atoms with E-state index in [1.165, 1.54) is 12.8 Å². The third-order valence-electron chi connectivity index (χ3n) is 2.90. The van der Waals surface area contributed by atoms with Crippen LogP contribution in [0.1, 0.15) is 35.7 Å². The number of pyridine rings is 1. The molecule has 5 heteroatoms. The number of anilines is 2. The van der Waals surface area contributed by atoms with E-state index in [4.69, 9.17) is 5.26 Å². The van der Waals surface area contributed by atoms with Crippen molar-refractivity contribution in [2.24, 2.45) is 0 Å². The molecule has 0 spiro atoms. The maximum absolute atomic E-state index is 9.04. The Labute approximate surface area is 109 Å². The summed E-state index contributed by atoms with van der Waals surface area (Å²) < 4.78 is 0. The van der Waals surface area contributed by atoms with E-state index in [0.717, 1.165) is 16.5 Å². The SMILES string of the molecule is Cc1ccc(C#N)c(Nc2nc(C3CC3)cs2)n1. The number of hydrogen-bond donors (Lipinski definition) is 1. The summed E-state index contributed by atoms with van der Waals surface area (Å²) in [6.07, 6.45) is 2.49. The van der Waals surface area contributed by atoms with Gasteiger partial charge in [0.1, 0.15) is 11.9 Å². The minimum absolute atomic E-state index is 0.545. The Bertz CT molecular complexity index is 622. The molecule has 0 radical (unpaired) electrons. The first-order valence-electron chi connectivity index (χ1n) is 5.86. The molecule has 4 nitrogen and oxygen atoms in total. The van der Waals surface area contributed by atoms with Gasteiger partial charge in [0.15, 0.2) is 5.13 Å². The largest absolute Gasteiger partial charge is 0.315 e. The van der Waals surface area contributed by atoms with Gasteiger partial charge in [-0.15, -0.1) is 11.3 Å². The van der Waals surface area contributed by atoms with Crippen molar-refractivity contribution in [3.63, 3.8) is 0 Å². The van der Waals surface area contributed by atoms with E-state index in [1.54, 1.807) is 17.4 Å². The third kappa shape index (κ3) is 2.20. The summed E-state index contributed by atoms with van der Waals surface area (Å²) in [7, 11) is 0. The molecule has 2 aromatic heterocycles. The zero-order chi connectivity index (χ0) is 12.5. The molecule has 1 aliphatic rings. The summed E-state index contributed by atoms with van der Waals surface area (Å²) in [6.45, 7) is 1.91. The molecule has 0 atom stereocenters. The number of aryl methyl sites for hydroxylation is 1. The molecular formula is C13H12N4S. The molecule has 90 valence electrons. The quantitative estimate of drug-likeness (QED) is 0.914. The number of nitrogens with zero attached hydrogens (tertiary/aromatic N) is 3. The highest BCUT2D eigenvalue weighted by Crippen LogP contribution is 2.41. The van der Waals surface area contributed by atoms with E-state index >= 15 is 0 Å². The fourth-order valence-electron chi connectivity index (χ4n) is 1.75. The molecule has 18 heavy (non-hydrogen) atoms. The molecule has 0 aliphatic heterocycles. The van der Waals surface area contributed by atoms with Gasteiger partial charge in [-0.2, -0.15) is 5.26 Å². The Balaban J connectivity index is 1.86. The molecule has 2 heterocycles. The zero-order valence-corrected chi connectivity index (χ0v) is 10.8. The highest BCUT2D eigenvalue weighted by molar-refractivity contribution is 7.13. The summed E-state index contributed by atoms with van der Waals surface area (Å²) >= 11 is 1.57. The normalized spacial score (nSPS) is 14.2. The lowest BCUT2D eigenvalue weighted by Gasteiger charge is -2.04. The van der Waals surface area contributed by atoms with Crippen LogP contribution < -0.4 is 5.32 Å². The molecule has 0 saturated heterocycles. The highest BCUT2D eigenvalue weighted by atomic mass is 32.1. The summed E-state index contributed by atoms with van der Waals surface area (Å²) in [5.41, 5.74) is 2.59. The van der Waals surface area contributed by atoms with Crippen LogP contribution in [0, 0.1) is 18.3 Å². The average molecular weight is 256 g/mol. The predicted molar refractivity (Wildman–Crippen MR) is 71.1 cm³/mol. The van der Waals surface area contributed by atoms with E-state index in [2.05, 4.69) is 26.7 Å². The minimum atomic E-state index is 0.545. The lowest BCUT2D eigenvalue weighted by molar-refractivity contribution is 1.05. The molecule has 0 aromatic carbocycles. The second kappa shape index (κ2) is 4.39. The van der Waals surface area contributed by atoms with Gasteiger partial charge in [-0.3, -0.25) is 0 Å². The molecule has 1 aliphatic carbocycles. The first-order chi connectivity index (χ1) is 8.76. The van der Waals surface area contributed by atoms with Crippen molar-refractivity contribution in [1.82, 2.24) is 9.97 Å².